The maximum absolute atomic E-state index is 11.1. The molecule has 1 aliphatic rings. The van der Waals surface area contributed by atoms with Crippen molar-refractivity contribution in [3.8, 4) is 0 Å². The summed E-state index contributed by atoms with van der Waals surface area (Å²) < 4.78 is 21.4. The number of pyridine rings is 1. The average molecular weight is 455 g/mol. The zero-order valence-corrected chi connectivity index (χ0v) is 19.3. The molecule has 1 amide bonds. The Bertz CT molecular complexity index is 1140. The standard InChI is InChI=1S/C24H30N4O3S/c1-17-7-5-9-20-21(26-12-6-11-25-18(2)29)15-23(27-24(17)20)28-13-14-32(30,31)22-10-4-3-8-19(22)16-28/h3-5,7-10,15,30-31H,6,11-14,16H2,1-2H3,(H,25,29)(H,26,27). The van der Waals surface area contributed by atoms with Crippen LogP contribution in [0.3, 0.4) is 0 Å². The number of nitrogens with one attached hydrogen (secondary N) is 2. The van der Waals surface area contributed by atoms with Gasteiger partial charge in [0.25, 0.3) is 0 Å². The lowest BCUT2D eigenvalue weighted by molar-refractivity contribution is -0.118. The molecule has 7 nitrogen and oxygen atoms in total. The van der Waals surface area contributed by atoms with Gasteiger partial charge in [-0.05, 0) is 30.5 Å². The minimum Gasteiger partial charge on any atom is -0.384 e. The van der Waals surface area contributed by atoms with Crippen molar-refractivity contribution in [1.29, 1.82) is 0 Å². The Labute approximate surface area is 190 Å². The summed E-state index contributed by atoms with van der Waals surface area (Å²) in [5.74, 6) is 1.06. The SMILES string of the molecule is CC(=O)NCCCNc1cc(N2CCS(O)(O)c3ccccc3C2)nc2c(C)cccc12. The van der Waals surface area contributed by atoms with Crippen molar-refractivity contribution in [3.05, 3.63) is 59.7 Å². The Balaban J connectivity index is 1.65. The zero-order valence-electron chi connectivity index (χ0n) is 18.5. The van der Waals surface area contributed by atoms with Crippen molar-refractivity contribution in [2.24, 2.45) is 0 Å². The van der Waals surface area contributed by atoms with Crippen LogP contribution >= 0.6 is 10.6 Å². The number of rotatable bonds is 6. The largest absolute Gasteiger partial charge is 0.384 e. The molecule has 0 atom stereocenters. The van der Waals surface area contributed by atoms with Gasteiger partial charge in [-0.3, -0.25) is 13.9 Å². The molecule has 0 saturated heterocycles. The van der Waals surface area contributed by atoms with Crippen LogP contribution in [0.4, 0.5) is 11.5 Å². The predicted molar refractivity (Wildman–Crippen MR) is 132 cm³/mol. The second kappa shape index (κ2) is 9.36. The van der Waals surface area contributed by atoms with Gasteiger partial charge < -0.3 is 15.5 Å². The Kier molecular flexibility index (Phi) is 6.55. The van der Waals surface area contributed by atoms with Crippen LogP contribution in [0.25, 0.3) is 10.9 Å². The average Bonchev–Trinajstić information content (AvgIpc) is 2.90. The first kappa shape index (κ1) is 22.4. The maximum Gasteiger partial charge on any atom is 0.216 e. The van der Waals surface area contributed by atoms with Crippen LogP contribution in [-0.4, -0.2) is 45.4 Å². The highest BCUT2D eigenvalue weighted by Gasteiger charge is 2.26. The smallest absolute Gasteiger partial charge is 0.216 e. The number of para-hydroxylation sites is 1. The number of carbonyl (C=O) groups excluding carboxylic acids is 1. The van der Waals surface area contributed by atoms with Crippen LogP contribution in [-0.2, 0) is 11.3 Å². The van der Waals surface area contributed by atoms with E-state index in [1.807, 2.05) is 49.4 Å². The minimum atomic E-state index is -2.83. The number of hydrogen-bond acceptors (Lipinski definition) is 6. The summed E-state index contributed by atoms with van der Waals surface area (Å²) in [6, 6.07) is 15.7. The first-order valence-electron chi connectivity index (χ1n) is 10.8. The van der Waals surface area contributed by atoms with E-state index in [4.69, 9.17) is 4.98 Å². The molecule has 0 radical (unpaired) electrons. The lowest BCUT2D eigenvalue weighted by Crippen LogP contribution is -2.26. The Morgan fingerprint density at radius 3 is 2.78 bits per heavy atom. The lowest BCUT2D eigenvalue weighted by atomic mass is 10.1. The number of carbonyl (C=O) groups is 1. The van der Waals surface area contributed by atoms with E-state index in [1.165, 1.54) is 6.92 Å². The van der Waals surface area contributed by atoms with Gasteiger partial charge in [-0.1, -0.05) is 36.4 Å². The Morgan fingerprint density at radius 1 is 1.16 bits per heavy atom. The summed E-state index contributed by atoms with van der Waals surface area (Å²) in [7, 11) is -2.83. The molecule has 1 aromatic heterocycles. The number of anilines is 2. The molecule has 0 bridgehead atoms. The van der Waals surface area contributed by atoms with Gasteiger partial charge in [-0.2, -0.15) is 10.6 Å². The third kappa shape index (κ3) is 4.82. The zero-order chi connectivity index (χ0) is 22.7. The van der Waals surface area contributed by atoms with Crippen molar-refractivity contribution >= 4 is 38.9 Å². The fourth-order valence-electron chi connectivity index (χ4n) is 4.04. The molecule has 170 valence electrons. The van der Waals surface area contributed by atoms with Gasteiger partial charge in [0, 0.05) is 50.2 Å². The van der Waals surface area contributed by atoms with Crippen LogP contribution in [0.1, 0.15) is 24.5 Å². The van der Waals surface area contributed by atoms with E-state index in [-0.39, 0.29) is 11.7 Å². The molecular weight excluding hydrogens is 424 g/mol. The van der Waals surface area contributed by atoms with Crippen LogP contribution < -0.4 is 15.5 Å². The number of aryl methyl sites for hydroxylation is 1. The molecule has 0 spiro atoms. The molecule has 0 saturated carbocycles. The van der Waals surface area contributed by atoms with Crippen molar-refractivity contribution < 1.29 is 13.9 Å². The van der Waals surface area contributed by atoms with E-state index in [9.17, 15) is 13.9 Å². The molecule has 2 aromatic carbocycles. The van der Waals surface area contributed by atoms with Crippen LogP contribution in [0.15, 0.2) is 53.4 Å². The maximum atomic E-state index is 11.1. The summed E-state index contributed by atoms with van der Waals surface area (Å²) in [6.45, 7) is 5.98. The van der Waals surface area contributed by atoms with Gasteiger partial charge in [0.2, 0.25) is 5.91 Å². The number of amides is 1. The normalized spacial score (nSPS) is 16.2. The third-order valence-corrected chi connectivity index (χ3v) is 7.58. The Morgan fingerprint density at radius 2 is 1.97 bits per heavy atom. The van der Waals surface area contributed by atoms with Gasteiger partial charge in [-0.15, -0.1) is 0 Å². The number of fused-ring (bicyclic) bond motifs is 2. The summed E-state index contributed by atoms with van der Waals surface area (Å²) in [4.78, 5) is 18.8. The van der Waals surface area contributed by atoms with E-state index >= 15 is 0 Å². The monoisotopic (exact) mass is 454 g/mol. The molecule has 4 N–H and O–H groups in total. The molecule has 0 fully saturated rings. The van der Waals surface area contributed by atoms with Crippen LogP contribution in [0, 0.1) is 6.92 Å². The second-order valence-electron chi connectivity index (χ2n) is 8.16. The van der Waals surface area contributed by atoms with Gasteiger partial charge >= 0.3 is 0 Å². The van der Waals surface area contributed by atoms with Gasteiger partial charge in [-0.25, -0.2) is 4.98 Å². The number of benzene rings is 2. The molecule has 0 unspecified atom stereocenters. The van der Waals surface area contributed by atoms with Crippen LogP contribution in [0.5, 0.6) is 0 Å². The highest BCUT2D eigenvalue weighted by Crippen LogP contribution is 2.51. The molecule has 4 rings (SSSR count). The minimum absolute atomic E-state index is 0.0234. The highest BCUT2D eigenvalue weighted by atomic mass is 32.3. The first-order valence-corrected chi connectivity index (χ1v) is 12.5. The van der Waals surface area contributed by atoms with Crippen molar-refractivity contribution in [1.82, 2.24) is 10.3 Å². The molecule has 3 aromatic rings. The molecule has 32 heavy (non-hydrogen) atoms. The van der Waals surface area contributed by atoms with Crippen molar-refractivity contribution in [2.75, 3.05) is 35.6 Å². The summed E-state index contributed by atoms with van der Waals surface area (Å²) >= 11 is 0. The highest BCUT2D eigenvalue weighted by molar-refractivity contribution is 8.24. The third-order valence-electron chi connectivity index (χ3n) is 5.73. The van der Waals surface area contributed by atoms with E-state index in [1.54, 1.807) is 0 Å². The van der Waals surface area contributed by atoms with Crippen molar-refractivity contribution in [3.63, 3.8) is 0 Å². The molecule has 1 aliphatic heterocycles. The first-order chi connectivity index (χ1) is 15.3. The molecule has 0 aliphatic carbocycles. The van der Waals surface area contributed by atoms with Gasteiger partial charge in [0.05, 0.1) is 16.2 Å². The summed E-state index contributed by atoms with van der Waals surface area (Å²) in [6.07, 6.45) is 0.808. The fraction of sp³-hybridized carbons (Fsp3) is 0.333. The second-order valence-corrected chi connectivity index (χ2v) is 10.3. The fourth-order valence-corrected chi connectivity index (χ4v) is 5.59. The summed E-state index contributed by atoms with van der Waals surface area (Å²) in [5, 5.41) is 7.38. The number of aromatic nitrogens is 1. The predicted octanol–water partition coefficient (Wildman–Crippen LogP) is 4.61. The molecule has 8 heteroatoms. The van der Waals surface area contributed by atoms with Gasteiger partial charge in [0.1, 0.15) is 5.82 Å². The van der Waals surface area contributed by atoms with Gasteiger partial charge in [0.15, 0.2) is 0 Å². The Hall–Kier alpha value is -2.81. The van der Waals surface area contributed by atoms with E-state index in [0.29, 0.717) is 24.5 Å². The lowest BCUT2D eigenvalue weighted by Gasteiger charge is -2.32. The summed E-state index contributed by atoms with van der Waals surface area (Å²) in [5.41, 5.74) is 3.92. The van der Waals surface area contributed by atoms with E-state index in [0.717, 1.165) is 46.5 Å². The van der Waals surface area contributed by atoms with E-state index in [2.05, 4.69) is 21.6 Å². The topological polar surface area (TPSA) is 97.7 Å². The quantitative estimate of drug-likeness (QED) is 0.406. The van der Waals surface area contributed by atoms with E-state index < -0.39 is 10.6 Å². The molecule has 2 heterocycles. The number of hydrogen-bond donors (Lipinski definition) is 4. The number of nitrogens with zero attached hydrogens (tertiary/aromatic N) is 2. The van der Waals surface area contributed by atoms with Crippen LogP contribution in [0.2, 0.25) is 0 Å². The molecular formula is C24H30N4O3S. The van der Waals surface area contributed by atoms with Crippen molar-refractivity contribution in [2.45, 2.75) is 31.7 Å².